The number of benzene rings is 1. The van der Waals surface area contributed by atoms with Crippen molar-refractivity contribution in [3.8, 4) is 0 Å². The summed E-state index contributed by atoms with van der Waals surface area (Å²) in [6.07, 6.45) is 0. The average Bonchev–Trinajstić information content (AvgIpc) is 2.08. The molecule has 0 amide bonds. The van der Waals surface area contributed by atoms with Gasteiger partial charge in [-0.05, 0) is 0 Å². The monoisotopic (exact) mass is 234 g/mol. The topological polar surface area (TPSA) is 0 Å². The van der Waals surface area contributed by atoms with Crippen LogP contribution in [0.25, 0.3) is 0 Å². The summed E-state index contributed by atoms with van der Waals surface area (Å²) < 4.78 is 60.5. The summed E-state index contributed by atoms with van der Waals surface area (Å²) in [5, 5.41) is 0. The molecule has 2 radical (unpaired) electrons. The number of rotatable bonds is 0. The highest BCUT2D eigenvalue weighted by Gasteiger charge is 2.21. The Labute approximate surface area is 81.9 Å². The first-order chi connectivity index (χ1) is 5.46. The van der Waals surface area contributed by atoms with E-state index < -0.39 is 33.5 Å². The fourth-order valence-corrected chi connectivity index (χ4v) is 0.875. The molecule has 0 saturated carbocycles. The van der Waals surface area contributed by atoms with Crippen molar-refractivity contribution in [2.45, 2.75) is 0 Å². The van der Waals surface area contributed by atoms with E-state index in [1.807, 2.05) is 0 Å². The molecule has 78 valence electrons. The lowest BCUT2D eigenvalue weighted by Crippen LogP contribution is -2.20. The van der Waals surface area contributed by atoms with Gasteiger partial charge >= 0.3 is 0 Å². The molecular formula is C6H2AlF7. The zero-order valence-corrected chi connectivity index (χ0v) is 7.44. The van der Waals surface area contributed by atoms with Crippen LogP contribution >= 0.6 is 0 Å². The second kappa shape index (κ2) is 5.22. The van der Waals surface area contributed by atoms with Crippen molar-refractivity contribution < 1.29 is 31.4 Å². The molecule has 1 rings (SSSR count). The van der Waals surface area contributed by atoms with Crippen molar-refractivity contribution in [2.24, 2.45) is 0 Å². The molecule has 1 aromatic carbocycles. The lowest BCUT2D eigenvalue weighted by Gasteiger charge is -2.03. The third kappa shape index (κ3) is 2.19. The van der Waals surface area contributed by atoms with Crippen molar-refractivity contribution in [2.75, 3.05) is 0 Å². The molecule has 0 fully saturated rings. The Bertz CT molecular complexity index is 232. The van der Waals surface area contributed by atoms with Gasteiger partial charge in [0.25, 0.3) is 0 Å². The zero-order valence-electron chi connectivity index (χ0n) is 6.28. The van der Waals surface area contributed by atoms with Gasteiger partial charge in [-0.15, -0.1) is 0 Å². The molecule has 0 spiro atoms. The van der Waals surface area contributed by atoms with Crippen LogP contribution in [-0.2, 0) is 0 Å². The van der Waals surface area contributed by atoms with Gasteiger partial charge in [0.05, 0.1) is 0 Å². The molecule has 0 unspecified atom stereocenters. The first-order valence-electron chi connectivity index (χ1n) is 2.73. The highest BCUT2D eigenvalue weighted by atomic mass is 27.0. The maximum absolute atomic E-state index is 12.4. The largest absolute Gasteiger partial charge is 0.269 e. The van der Waals surface area contributed by atoms with Crippen LogP contribution < -0.4 is 4.43 Å². The van der Waals surface area contributed by atoms with Crippen LogP contribution in [-0.4, -0.2) is 16.3 Å². The van der Waals surface area contributed by atoms with E-state index in [0.717, 1.165) is 0 Å². The fraction of sp³-hybridized carbons (Fsp3) is 0. The molecule has 0 nitrogen and oxygen atoms in total. The fourth-order valence-electron chi connectivity index (χ4n) is 0.622. The van der Waals surface area contributed by atoms with Gasteiger partial charge in [-0.1, -0.05) is 4.43 Å². The van der Waals surface area contributed by atoms with Gasteiger partial charge < -0.3 is 0 Å². The van der Waals surface area contributed by atoms with Gasteiger partial charge in [0, 0.05) is 0 Å². The minimum atomic E-state index is -2.14. The lowest BCUT2D eigenvalue weighted by atomic mass is 10.3. The van der Waals surface area contributed by atoms with Crippen molar-refractivity contribution >= 4 is 20.7 Å². The van der Waals surface area contributed by atoms with Crippen molar-refractivity contribution in [3.63, 3.8) is 0 Å². The molecule has 0 heterocycles. The van der Waals surface area contributed by atoms with Crippen molar-refractivity contribution in [1.29, 1.82) is 0 Å². The Balaban J connectivity index is 0. The summed E-state index contributed by atoms with van der Waals surface area (Å²) in [5.74, 6) is -9.65. The van der Waals surface area contributed by atoms with E-state index in [0.29, 0.717) is 0 Å². The third-order valence-corrected chi connectivity index (χ3v) is 1.75. The molecule has 0 atom stereocenters. The second-order valence-corrected chi connectivity index (χ2v) is 2.56. The molecule has 0 aliphatic rings. The van der Waals surface area contributed by atoms with Crippen LogP contribution in [0.3, 0.4) is 0 Å². The van der Waals surface area contributed by atoms with Gasteiger partial charge in [0.1, 0.15) is 11.6 Å². The van der Waals surface area contributed by atoms with Crippen molar-refractivity contribution in [3.05, 3.63) is 29.1 Å². The Morgan fingerprint density at radius 2 is 0.786 bits per heavy atom. The van der Waals surface area contributed by atoms with E-state index in [1.165, 1.54) is 16.3 Å². The van der Waals surface area contributed by atoms with Gasteiger partial charge in [-0.2, -0.15) is 0 Å². The molecule has 0 bridgehead atoms. The van der Waals surface area contributed by atoms with Crippen LogP contribution in [0.2, 0.25) is 0 Å². The van der Waals surface area contributed by atoms with Gasteiger partial charge in [0.2, 0.25) is 0 Å². The lowest BCUT2D eigenvalue weighted by molar-refractivity contribution is 0.384. The molecule has 1 aromatic rings. The number of hydrogen-bond donors (Lipinski definition) is 0. The molecule has 0 aliphatic heterocycles. The zero-order chi connectivity index (χ0) is 9.46. The summed E-state index contributed by atoms with van der Waals surface area (Å²) in [6, 6.07) is 0. The Hall–Kier alpha value is -0.738. The van der Waals surface area contributed by atoms with Crippen LogP contribution in [0.1, 0.15) is 0 Å². The maximum Gasteiger partial charge on any atom is 0.200 e. The first-order valence-corrected chi connectivity index (χ1v) is 3.31. The maximum atomic E-state index is 12.4. The molecule has 0 saturated heterocycles. The highest BCUT2D eigenvalue weighted by molar-refractivity contribution is 6.32. The normalized spacial score (nSPS) is 8.93. The SMILES string of the molecule is F.F.Fc1c(F)c(F)[c]([Al])c(F)c1F. The quantitative estimate of drug-likeness (QED) is 0.276. The highest BCUT2D eigenvalue weighted by Crippen LogP contribution is 2.14. The Kier molecular flexibility index (Phi) is 5.86. The van der Waals surface area contributed by atoms with Gasteiger partial charge in [-0.3, -0.25) is 9.41 Å². The summed E-state index contributed by atoms with van der Waals surface area (Å²) in [7, 11) is 0. The Morgan fingerprint density at radius 3 is 1.07 bits per heavy atom. The summed E-state index contributed by atoms with van der Waals surface area (Å²) in [5.41, 5.74) is 0. The van der Waals surface area contributed by atoms with Crippen LogP contribution in [0.15, 0.2) is 0 Å². The van der Waals surface area contributed by atoms with E-state index in [2.05, 4.69) is 0 Å². The molecule has 0 N–H and O–H groups in total. The van der Waals surface area contributed by atoms with Crippen LogP contribution in [0.5, 0.6) is 0 Å². The van der Waals surface area contributed by atoms with E-state index in [-0.39, 0.29) is 9.41 Å². The summed E-state index contributed by atoms with van der Waals surface area (Å²) in [4.78, 5) is 0. The summed E-state index contributed by atoms with van der Waals surface area (Å²) >= 11 is 1.44. The molecular weight excluding hydrogens is 232 g/mol. The van der Waals surface area contributed by atoms with Gasteiger partial charge in [0.15, 0.2) is 33.7 Å². The Morgan fingerprint density at radius 1 is 0.571 bits per heavy atom. The van der Waals surface area contributed by atoms with E-state index in [4.69, 9.17) is 0 Å². The molecule has 14 heavy (non-hydrogen) atoms. The number of hydrogen-bond acceptors (Lipinski definition) is 0. The van der Waals surface area contributed by atoms with Gasteiger partial charge in [-0.25, -0.2) is 22.0 Å². The second-order valence-electron chi connectivity index (χ2n) is 1.98. The average molecular weight is 234 g/mol. The van der Waals surface area contributed by atoms with Crippen LogP contribution in [0.4, 0.5) is 31.4 Å². The minimum absolute atomic E-state index is 0. The smallest absolute Gasteiger partial charge is 0.200 e. The number of halogens is 7. The van der Waals surface area contributed by atoms with Crippen molar-refractivity contribution in [1.82, 2.24) is 0 Å². The van der Waals surface area contributed by atoms with E-state index in [1.54, 1.807) is 0 Å². The molecule has 0 aliphatic carbocycles. The predicted octanol–water partition coefficient (Wildman–Crippen LogP) is 1.48. The standard InChI is InChI=1S/C6F5.Al.2FH/c7-2-1-3(8)5(10)6(11)4(2)9;;;/h;;2*1H. The van der Waals surface area contributed by atoms with Crippen LogP contribution in [0, 0.1) is 29.1 Å². The molecule has 8 heteroatoms. The predicted molar refractivity (Wildman–Crippen MR) is 36.6 cm³/mol. The minimum Gasteiger partial charge on any atom is -0.269 e. The third-order valence-electron chi connectivity index (χ3n) is 1.24. The van der Waals surface area contributed by atoms with E-state index >= 15 is 0 Å². The summed E-state index contributed by atoms with van der Waals surface area (Å²) in [6.45, 7) is 0. The molecule has 0 aromatic heterocycles. The first kappa shape index (κ1) is 15.7. The van der Waals surface area contributed by atoms with E-state index in [9.17, 15) is 22.0 Å².